The van der Waals surface area contributed by atoms with Crippen LogP contribution in [0.4, 0.5) is 0 Å². The number of rotatable bonds is 6. The fraction of sp³-hybridized carbons (Fsp3) is 0.435. The zero-order valence-electron chi connectivity index (χ0n) is 16.3. The highest BCUT2D eigenvalue weighted by molar-refractivity contribution is 5.94. The number of amides is 1. The lowest BCUT2D eigenvalue weighted by molar-refractivity contribution is -0.0533. The van der Waals surface area contributed by atoms with Gasteiger partial charge in [0.25, 0.3) is 5.91 Å². The molecule has 1 aliphatic carbocycles. The van der Waals surface area contributed by atoms with Crippen LogP contribution in [0.25, 0.3) is 0 Å². The predicted octanol–water partition coefficient (Wildman–Crippen LogP) is 5.57. The summed E-state index contributed by atoms with van der Waals surface area (Å²) in [4.78, 5) is 12.5. The summed E-state index contributed by atoms with van der Waals surface area (Å²) in [6.07, 6.45) is 4.97. The van der Waals surface area contributed by atoms with E-state index in [1.807, 2.05) is 25.1 Å². The Morgan fingerprint density at radius 3 is 2.62 bits per heavy atom. The SMILES string of the molecule is C=C[C@]1(C)CC[C@@H](C(=C)CN(O)C(=O)c2ccccc2C)C[C@H]1C(=C)C. The molecule has 0 heterocycles. The van der Waals surface area contributed by atoms with Crippen molar-refractivity contribution in [2.45, 2.75) is 40.0 Å². The lowest BCUT2D eigenvalue weighted by Gasteiger charge is -2.44. The van der Waals surface area contributed by atoms with Crippen LogP contribution in [0.3, 0.4) is 0 Å². The Balaban J connectivity index is 2.05. The lowest BCUT2D eigenvalue weighted by atomic mass is 9.61. The van der Waals surface area contributed by atoms with E-state index in [1.54, 1.807) is 12.1 Å². The van der Waals surface area contributed by atoms with Crippen LogP contribution in [0, 0.1) is 24.2 Å². The van der Waals surface area contributed by atoms with Crippen molar-refractivity contribution in [2.24, 2.45) is 17.3 Å². The van der Waals surface area contributed by atoms with Gasteiger partial charge in [0.15, 0.2) is 0 Å². The number of hydrogen-bond acceptors (Lipinski definition) is 2. The molecule has 2 rings (SSSR count). The summed E-state index contributed by atoms with van der Waals surface area (Å²) in [5.41, 5.74) is 3.47. The zero-order valence-corrected chi connectivity index (χ0v) is 16.3. The second kappa shape index (κ2) is 8.05. The van der Waals surface area contributed by atoms with E-state index >= 15 is 0 Å². The largest absolute Gasteiger partial charge is 0.285 e. The van der Waals surface area contributed by atoms with Crippen LogP contribution in [0.5, 0.6) is 0 Å². The van der Waals surface area contributed by atoms with E-state index in [0.717, 1.165) is 41.0 Å². The molecule has 1 aromatic carbocycles. The summed E-state index contributed by atoms with van der Waals surface area (Å²) in [6, 6.07) is 7.28. The molecule has 0 aliphatic heterocycles. The molecule has 140 valence electrons. The molecule has 0 radical (unpaired) electrons. The van der Waals surface area contributed by atoms with Gasteiger partial charge in [-0.2, -0.15) is 0 Å². The molecule has 3 nitrogen and oxygen atoms in total. The van der Waals surface area contributed by atoms with E-state index in [1.165, 1.54) is 0 Å². The van der Waals surface area contributed by atoms with Crippen LogP contribution in [0.2, 0.25) is 0 Å². The molecule has 1 saturated carbocycles. The smallest absolute Gasteiger partial charge is 0.277 e. The first kappa shape index (κ1) is 20.2. The number of nitrogens with zero attached hydrogens (tertiary/aromatic N) is 1. The summed E-state index contributed by atoms with van der Waals surface area (Å²) in [6.45, 7) is 18.7. The van der Waals surface area contributed by atoms with Crippen molar-refractivity contribution in [1.29, 1.82) is 0 Å². The Morgan fingerprint density at radius 2 is 2.04 bits per heavy atom. The molecule has 0 unspecified atom stereocenters. The summed E-state index contributed by atoms with van der Waals surface area (Å²) >= 11 is 0. The summed E-state index contributed by atoms with van der Waals surface area (Å²) in [7, 11) is 0. The van der Waals surface area contributed by atoms with Crippen LogP contribution in [0.15, 0.2) is 61.2 Å². The molecule has 3 atom stereocenters. The fourth-order valence-electron chi connectivity index (χ4n) is 4.06. The topological polar surface area (TPSA) is 40.5 Å². The number of benzene rings is 1. The van der Waals surface area contributed by atoms with Gasteiger partial charge in [-0.1, -0.05) is 55.5 Å². The molecule has 1 N–H and O–H groups in total. The van der Waals surface area contributed by atoms with Crippen molar-refractivity contribution in [1.82, 2.24) is 5.06 Å². The van der Waals surface area contributed by atoms with E-state index in [4.69, 9.17) is 0 Å². The normalized spacial score (nSPS) is 25.4. The second-order valence-corrected chi connectivity index (χ2v) is 7.92. The molecular weight excluding hydrogens is 322 g/mol. The number of carbonyl (C=O) groups is 1. The van der Waals surface area contributed by atoms with Crippen molar-refractivity contribution in [3.05, 3.63) is 72.4 Å². The molecule has 1 aliphatic rings. The van der Waals surface area contributed by atoms with Crippen LogP contribution >= 0.6 is 0 Å². The Labute approximate surface area is 157 Å². The molecule has 1 fully saturated rings. The molecule has 0 spiro atoms. The van der Waals surface area contributed by atoms with E-state index < -0.39 is 0 Å². The Kier molecular flexibility index (Phi) is 6.25. The first-order valence-corrected chi connectivity index (χ1v) is 9.22. The monoisotopic (exact) mass is 353 g/mol. The second-order valence-electron chi connectivity index (χ2n) is 7.92. The molecule has 3 heteroatoms. The highest BCUT2D eigenvalue weighted by Crippen LogP contribution is 2.48. The molecule has 26 heavy (non-hydrogen) atoms. The van der Waals surface area contributed by atoms with Crippen molar-refractivity contribution in [3.63, 3.8) is 0 Å². The maximum atomic E-state index is 12.5. The minimum Gasteiger partial charge on any atom is -0.285 e. The molecule has 1 amide bonds. The van der Waals surface area contributed by atoms with Crippen LogP contribution < -0.4 is 0 Å². The minimum absolute atomic E-state index is 0.0541. The van der Waals surface area contributed by atoms with Gasteiger partial charge < -0.3 is 0 Å². The zero-order chi connectivity index (χ0) is 19.5. The molecule has 1 aromatic rings. The van der Waals surface area contributed by atoms with Crippen molar-refractivity contribution in [3.8, 4) is 0 Å². The van der Waals surface area contributed by atoms with E-state index in [9.17, 15) is 10.0 Å². The molecular formula is C23H31NO2. The Hall–Kier alpha value is -2.13. The molecule has 0 bridgehead atoms. The fourth-order valence-corrected chi connectivity index (χ4v) is 4.06. The van der Waals surface area contributed by atoms with Crippen LogP contribution in [-0.2, 0) is 0 Å². The number of hydroxylamine groups is 2. The van der Waals surface area contributed by atoms with Gasteiger partial charge in [-0.05, 0) is 62.0 Å². The van der Waals surface area contributed by atoms with Gasteiger partial charge in [0, 0.05) is 5.56 Å². The number of allylic oxidation sites excluding steroid dienone is 2. The maximum Gasteiger partial charge on any atom is 0.277 e. The van der Waals surface area contributed by atoms with Crippen LogP contribution in [-0.4, -0.2) is 22.7 Å². The molecule has 0 aromatic heterocycles. The van der Waals surface area contributed by atoms with Gasteiger partial charge >= 0.3 is 0 Å². The van der Waals surface area contributed by atoms with Gasteiger partial charge in [0.2, 0.25) is 0 Å². The quantitative estimate of drug-likeness (QED) is 0.413. The Morgan fingerprint density at radius 1 is 1.38 bits per heavy atom. The Bertz CT molecular complexity index is 721. The highest BCUT2D eigenvalue weighted by atomic mass is 16.5. The first-order valence-electron chi connectivity index (χ1n) is 9.22. The third-order valence-electron chi connectivity index (χ3n) is 5.95. The van der Waals surface area contributed by atoms with Crippen LogP contribution in [0.1, 0.15) is 49.0 Å². The van der Waals surface area contributed by atoms with Crippen molar-refractivity contribution < 1.29 is 10.0 Å². The van der Waals surface area contributed by atoms with Gasteiger partial charge in [-0.3, -0.25) is 10.0 Å². The van der Waals surface area contributed by atoms with Gasteiger partial charge in [-0.15, -0.1) is 6.58 Å². The molecule has 0 saturated heterocycles. The summed E-state index contributed by atoms with van der Waals surface area (Å²) in [5.74, 6) is 0.228. The van der Waals surface area contributed by atoms with Crippen molar-refractivity contribution in [2.75, 3.05) is 6.54 Å². The highest BCUT2D eigenvalue weighted by Gasteiger charge is 2.39. The van der Waals surface area contributed by atoms with E-state index in [0.29, 0.717) is 11.5 Å². The number of aryl methyl sites for hydroxylation is 1. The number of carbonyl (C=O) groups excluding carboxylic acids is 1. The van der Waals surface area contributed by atoms with E-state index in [2.05, 4.69) is 33.6 Å². The van der Waals surface area contributed by atoms with Gasteiger partial charge in [0.05, 0.1) is 6.54 Å². The van der Waals surface area contributed by atoms with Gasteiger partial charge in [0.1, 0.15) is 0 Å². The summed E-state index contributed by atoms with van der Waals surface area (Å²) in [5, 5.41) is 11.1. The maximum absolute atomic E-state index is 12.5. The standard InChI is InChI=1S/C23H31NO2/c1-7-23(6)13-12-19(14-21(23)16(2)3)18(5)15-24(26)22(25)20-11-9-8-10-17(20)4/h7-11,19,21,26H,1-2,5,12-15H2,3-4,6H3/t19-,21+,23-/m1/s1. The van der Waals surface area contributed by atoms with E-state index in [-0.39, 0.29) is 23.8 Å². The third-order valence-corrected chi connectivity index (χ3v) is 5.95. The van der Waals surface area contributed by atoms with Crippen molar-refractivity contribution >= 4 is 5.91 Å². The third kappa shape index (κ3) is 4.16. The summed E-state index contributed by atoms with van der Waals surface area (Å²) < 4.78 is 0. The first-order chi connectivity index (χ1) is 12.2. The average molecular weight is 354 g/mol. The minimum atomic E-state index is -0.382. The predicted molar refractivity (Wildman–Crippen MR) is 107 cm³/mol. The average Bonchev–Trinajstić information content (AvgIpc) is 2.61. The lowest BCUT2D eigenvalue weighted by Crippen LogP contribution is -2.36. The van der Waals surface area contributed by atoms with Gasteiger partial charge in [-0.25, -0.2) is 5.06 Å². The number of hydrogen-bond donors (Lipinski definition) is 1.